The Morgan fingerprint density at radius 2 is 2.00 bits per heavy atom. The Hall–Kier alpha value is -2.16. The summed E-state index contributed by atoms with van der Waals surface area (Å²) in [5.41, 5.74) is 10.6. The molecule has 0 aromatic heterocycles. The fourth-order valence-electron chi connectivity index (χ4n) is 2.93. The molecule has 0 aliphatic carbocycles. The molecule has 1 aliphatic rings. The van der Waals surface area contributed by atoms with Crippen molar-refractivity contribution in [2.75, 3.05) is 23.8 Å². The third-order valence-corrected chi connectivity index (χ3v) is 3.97. The molecule has 2 aromatic carbocycles. The molecule has 110 valence electrons. The number of hydrogen-bond acceptors (Lipinski definition) is 3. The molecule has 0 fully saturated rings. The highest BCUT2D eigenvalue weighted by Gasteiger charge is 2.17. The number of anilines is 3. The number of fused-ring (bicyclic) bond motifs is 1. The second kappa shape index (κ2) is 6.08. The SMILES string of the molecule is CCOc1cc(N2CCCCc3ccccc32)ccc1N. The summed E-state index contributed by atoms with van der Waals surface area (Å²) in [6.45, 7) is 3.64. The lowest BCUT2D eigenvalue weighted by Gasteiger charge is -2.26. The normalized spacial score (nSPS) is 14.4. The third kappa shape index (κ3) is 2.82. The van der Waals surface area contributed by atoms with Gasteiger partial charge in [-0.05, 0) is 49.9 Å². The molecular formula is C18H22N2O. The van der Waals surface area contributed by atoms with Crippen LogP contribution in [0.2, 0.25) is 0 Å². The van der Waals surface area contributed by atoms with Crippen LogP contribution >= 0.6 is 0 Å². The number of nitrogens with zero attached hydrogens (tertiary/aromatic N) is 1. The molecule has 0 spiro atoms. The van der Waals surface area contributed by atoms with Crippen LogP contribution in [0.4, 0.5) is 17.1 Å². The summed E-state index contributed by atoms with van der Waals surface area (Å²) in [4.78, 5) is 2.38. The van der Waals surface area contributed by atoms with Crippen molar-refractivity contribution in [2.24, 2.45) is 0 Å². The number of benzene rings is 2. The second-order valence-corrected chi connectivity index (χ2v) is 5.39. The molecule has 0 bridgehead atoms. The van der Waals surface area contributed by atoms with Crippen LogP contribution in [0.15, 0.2) is 42.5 Å². The monoisotopic (exact) mass is 282 g/mol. The minimum atomic E-state index is 0.629. The number of nitrogen functional groups attached to an aromatic ring is 1. The highest BCUT2D eigenvalue weighted by Crippen LogP contribution is 2.35. The van der Waals surface area contributed by atoms with Gasteiger partial charge in [-0.3, -0.25) is 0 Å². The van der Waals surface area contributed by atoms with Crippen molar-refractivity contribution in [3.63, 3.8) is 0 Å². The van der Waals surface area contributed by atoms with Gasteiger partial charge in [-0.2, -0.15) is 0 Å². The van der Waals surface area contributed by atoms with Gasteiger partial charge in [-0.15, -0.1) is 0 Å². The maximum atomic E-state index is 5.99. The van der Waals surface area contributed by atoms with Gasteiger partial charge in [-0.1, -0.05) is 18.2 Å². The fourth-order valence-corrected chi connectivity index (χ4v) is 2.93. The van der Waals surface area contributed by atoms with Crippen LogP contribution in [0, 0.1) is 0 Å². The second-order valence-electron chi connectivity index (χ2n) is 5.39. The lowest BCUT2D eigenvalue weighted by atomic mass is 10.1. The van der Waals surface area contributed by atoms with E-state index in [0.29, 0.717) is 12.3 Å². The molecule has 0 atom stereocenters. The lowest BCUT2D eigenvalue weighted by Crippen LogP contribution is -2.18. The summed E-state index contributed by atoms with van der Waals surface area (Å²) in [5.74, 6) is 0.775. The average molecular weight is 282 g/mol. The van der Waals surface area contributed by atoms with E-state index in [1.165, 1.54) is 24.1 Å². The molecule has 1 aliphatic heterocycles. The predicted octanol–water partition coefficient (Wildman–Crippen LogP) is 4.14. The zero-order chi connectivity index (χ0) is 14.7. The first-order chi connectivity index (χ1) is 10.3. The van der Waals surface area contributed by atoms with Crippen molar-refractivity contribution < 1.29 is 4.74 Å². The van der Waals surface area contributed by atoms with Crippen molar-refractivity contribution in [2.45, 2.75) is 26.2 Å². The van der Waals surface area contributed by atoms with Crippen LogP contribution in [0.5, 0.6) is 5.75 Å². The number of rotatable bonds is 3. The Kier molecular flexibility index (Phi) is 4.00. The van der Waals surface area contributed by atoms with Gasteiger partial charge in [0.25, 0.3) is 0 Å². The third-order valence-electron chi connectivity index (χ3n) is 3.97. The summed E-state index contributed by atoms with van der Waals surface area (Å²) in [7, 11) is 0. The molecule has 1 heterocycles. The molecule has 0 saturated heterocycles. The minimum Gasteiger partial charge on any atom is -0.492 e. The molecular weight excluding hydrogens is 260 g/mol. The number of aryl methyl sites for hydroxylation is 1. The molecule has 0 amide bonds. The van der Waals surface area contributed by atoms with Gasteiger partial charge in [0.1, 0.15) is 5.75 Å². The van der Waals surface area contributed by atoms with Crippen molar-refractivity contribution in [1.29, 1.82) is 0 Å². The van der Waals surface area contributed by atoms with Crippen LogP contribution in [-0.2, 0) is 6.42 Å². The van der Waals surface area contributed by atoms with Crippen molar-refractivity contribution in [3.05, 3.63) is 48.0 Å². The Morgan fingerprint density at radius 3 is 2.86 bits per heavy atom. The largest absolute Gasteiger partial charge is 0.492 e. The average Bonchev–Trinajstić information content (AvgIpc) is 2.72. The van der Waals surface area contributed by atoms with E-state index in [9.17, 15) is 0 Å². The van der Waals surface area contributed by atoms with Gasteiger partial charge in [0.15, 0.2) is 0 Å². The van der Waals surface area contributed by atoms with E-state index in [-0.39, 0.29) is 0 Å². The Bertz CT molecular complexity index is 624. The number of nitrogens with two attached hydrogens (primary N) is 1. The van der Waals surface area contributed by atoms with Crippen molar-refractivity contribution >= 4 is 17.1 Å². The fraction of sp³-hybridized carbons (Fsp3) is 0.333. The summed E-state index contributed by atoms with van der Waals surface area (Å²) in [6.07, 6.45) is 3.59. The summed E-state index contributed by atoms with van der Waals surface area (Å²) in [5, 5.41) is 0. The van der Waals surface area contributed by atoms with Gasteiger partial charge in [0.05, 0.1) is 12.3 Å². The van der Waals surface area contributed by atoms with Gasteiger partial charge in [0.2, 0.25) is 0 Å². The van der Waals surface area contributed by atoms with E-state index < -0.39 is 0 Å². The summed E-state index contributed by atoms with van der Waals surface area (Å²) < 4.78 is 5.64. The number of para-hydroxylation sites is 1. The van der Waals surface area contributed by atoms with Crippen LogP contribution < -0.4 is 15.4 Å². The van der Waals surface area contributed by atoms with E-state index >= 15 is 0 Å². The van der Waals surface area contributed by atoms with Crippen molar-refractivity contribution in [3.8, 4) is 5.75 Å². The van der Waals surface area contributed by atoms with Crippen LogP contribution in [-0.4, -0.2) is 13.2 Å². The highest BCUT2D eigenvalue weighted by molar-refractivity contribution is 5.71. The first kappa shape index (κ1) is 13.8. The van der Waals surface area contributed by atoms with E-state index in [0.717, 1.165) is 24.4 Å². The number of ether oxygens (including phenoxy) is 1. The first-order valence-electron chi connectivity index (χ1n) is 7.67. The zero-order valence-electron chi connectivity index (χ0n) is 12.5. The van der Waals surface area contributed by atoms with Crippen LogP contribution in [0.25, 0.3) is 0 Å². The van der Waals surface area contributed by atoms with E-state index in [1.807, 2.05) is 13.0 Å². The van der Waals surface area contributed by atoms with E-state index in [1.54, 1.807) is 0 Å². The Morgan fingerprint density at radius 1 is 1.14 bits per heavy atom. The molecule has 0 unspecified atom stereocenters. The first-order valence-corrected chi connectivity index (χ1v) is 7.67. The highest BCUT2D eigenvalue weighted by atomic mass is 16.5. The minimum absolute atomic E-state index is 0.629. The van der Waals surface area contributed by atoms with Gasteiger partial charge in [0, 0.05) is 24.0 Å². The van der Waals surface area contributed by atoms with Crippen LogP contribution in [0.3, 0.4) is 0 Å². The Balaban J connectivity index is 2.01. The lowest BCUT2D eigenvalue weighted by molar-refractivity contribution is 0.342. The smallest absolute Gasteiger partial charge is 0.144 e. The number of hydrogen-bond donors (Lipinski definition) is 1. The molecule has 2 aromatic rings. The quantitative estimate of drug-likeness (QED) is 0.860. The maximum absolute atomic E-state index is 5.99. The van der Waals surface area contributed by atoms with Gasteiger partial charge in [-0.25, -0.2) is 0 Å². The molecule has 21 heavy (non-hydrogen) atoms. The van der Waals surface area contributed by atoms with E-state index in [2.05, 4.69) is 41.3 Å². The zero-order valence-corrected chi connectivity index (χ0v) is 12.5. The predicted molar refractivity (Wildman–Crippen MR) is 88.4 cm³/mol. The van der Waals surface area contributed by atoms with Crippen LogP contribution in [0.1, 0.15) is 25.3 Å². The van der Waals surface area contributed by atoms with Gasteiger partial charge < -0.3 is 15.4 Å². The molecule has 3 heteroatoms. The topological polar surface area (TPSA) is 38.5 Å². The molecule has 3 rings (SSSR count). The standard InChI is InChI=1S/C18H22N2O/c1-2-21-18-13-15(10-11-16(18)19)20-12-6-5-8-14-7-3-4-9-17(14)20/h3-4,7,9-11,13H,2,5-6,8,12,19H2,1H3. The molecule has 3 nitrogen and oxygen atoms in total. The summed E-state index contributed by atoms with van der Waals surface area (Å²) in [6, 6.07) is 14.7. The van der Waals surface area contributed by atoms with Crippen molar-refractivity contribution in [1.82, 2.24) is 0 Å². The van der Waals surface area contributed by atoms with Gasteiger partial charge >= 0.3 is 0 Å². The van der Waals surface area contributed by atoms with E-state index in [4.69, 9.17) is 10.5 Å². The maximum Gasteiger partial charge on any atom is 0.144 e. The molecule has 0 radical (unpaired) electrons. The summed E-state index contributed by atoms with van der Waals surface area (Å²) >= 11 is 0. The molecule has 0 saturated carbocycles. The Labute approximate surface area is 126 Å². The molecule has 2 N–H and O–H groups in total.